The number of aromatic nitrogens is 1. The number of carbonyl (C=O) groups excluding carboxylic acids is 2. The molecule has 228 valence electrons. The highest BCUT2D eigenvalue weighted by Crippen LogP contribution is 2.33. The molecule has 5 aromatic rings. The van der Waals surface area contributed by atoms with Crippen LogP contribution in [0.5, 0.6) is 11.5 Å². The molecule has 2 amide bonds. The summed E-state index contributed by atoms with van der Waals surface area (Å²) >= 11 is 0. The number of hydrogen-bond donors (Lipinski definition) is 3. The number of nitrogens with zero attached hydrogens (tertiary/aromatic N) is 1. The van der Waals surface area contributed by atoms with Gasteiger partial charge in [-0.3, -0.25) is 19.8 Å². The van der Waals surface area contributed by atoms with Crippen LogP contribution >= 0.6 is 0 Å². The number of aliphatic carboxylic acids is 1. The number of pyridine rings is 1. The molecule has 1 heterocycles. The summed E-state index contributed by atoms with van der Waals surface area (Å²) in [5.41, 5.74) is 5.86. The number of carboxylic acids is 1. The monoisotopic (exact) mass is 607 g/mol. The van der Waals surface area contributed by atoms with Crippen molar-refractivity contribution in [3.05, 3.63) is 142 Å². The summed E-state index contributed by atoms with van der Waals surface area (Å²) in [5, 5.41) is 9.63. The molecule has 0 aliphatic carbocycles. The van der Waals surface area contributed by atoms with Gasteiger partial charge in [-0.05, 0) is 22.8 Å². The van der Waals surface area contributed by atoms with Crippen molar-refractivity contribution in [3.63, 3.8) is 0 Å². The van der Waals surface area contributed by atoms with Crippen molar-refractivity contribution < 1.29 is 33.7 Å². The van der Waals surface area contributed by atoms with Gasteiger partial charge in [-0.15, -0.1) is 0 Å². The Morgan fingerprint density at radius 3 is 1.73 bits per heavy atom. The number of hydrogen-bond acceptors (Lipinski definition) is 7. The van der Waals surface area contributed by atoms with Crippen molar-refractivity contribution in [1.29, 1.82) is 0 Å². The summed E-state index contributed by atoms with van der Waals surface area (Å²) < 4.78 is 18.5. The highest BCUT2D eigenvalue weighted by molar-refractivity contribution is 5.98. The Labute approximate surface area is 257 Å². The summed E-state index contributed by atoms with van der Waals surface area (Å²) in [6.07, 6.45) is 0.173. The van der Waals surface area contributed by atoms with Crippen LogP contribution in [-0.2, 0) is 35.9 Å². The number of benzene rings is 4. The minimum atomic E-state index is -1.20. The Bertz CT molecular complexity index is 1860. The first-order chi connectivity index (χ1) is 21.9. The summed E-state index contributed by atoms with van der Waals surface area (Å²) in [5.74, 6) is -1.67. The Kier molecular flexibility index (Phi) is 9.70. The van der Waals surface area contributed by atoms with E-state index in [2.05, 4.69) is 10.9 Å². The molecule has 0 saturated carbocycles. The van der Waals surface area contributed by atoms with Gasteiger partial charge in [0, 0.05) is 12.3 Å². The van der Waals surface area contributed by atoms with Crippen LogP contribution < -0.4 is 25.8 Å². The fraction of sp³-hybridized carbons (Fsp3) is 0.118. The first-order valence-electron chi connectivity index (χ1n) is 13.9. The van der Waals surface area contributed by atoms with E-state index in [0.29, 0.717) is 0 Å². The van der Waals surface area contributed by atoms with Gasteiger partial charge < -0.3 is 23.9 Å². The zero-order chi connectivity index (χ0) is 31.6. The van der Waals surface area contributed by atoms with Crippen molar-refractivity contribution in [2.75, 3.05) is 0 Å². The largest absolute Gasteiger partial charge is 0.485 e. The SMILES string of the molecule is O=C(O)Cn1cc(C(=O)NNC(=O)OCc2ccccc2)c(=O)c2cc(OCc3ccccc3)c(OCc3ccccc3)cc21. The van der Waals surface area contributed by atoms with Gasteiger partial charge in [0.05, 0.1) is 10.9 Å². The molecular weight excluding hydrogens is 578 g/mol. The zero-order valence-electron chi connectivity index (χ0n) is 24.0. The molecule has 3 N–H and O–H groups in total. The standard InChI is InChI=1S/C34H29N3O8/c38-31(39)19-37-18-27(33(41)35-36-34(42)45-22-25-14-8-3-9-15-25)32(40)26-16-29(43-20-23-10-4-1-5-11-23)30(17-28(26)37)44-21-24-12-6-2-7-13-24/h1-18H,19-22H2,(H,35,41)(H,36,42)(H,38,39). The number of carboxylic acid groups (broad SMARTS) is 1. The second-order valence-corrected chi connectivity index (χ2v) is 9.90. The molecular formula is C34H29N3O8. The van der Waals surface area contributed by atoms with Gasteiger partial charge in [0.1, 0.15) is 31.9 Å². The van der Waals surface area contributed by atoms with Gasteiger partial charge in [0.2, 0.25) is 5.43 Å². The van der Waals surface area contributed by atoms with Gasteiger partial charge in [-0.1, -0.05) is 91.0 Å². The number of rotatable bonds is 11. The van der Waals surface area contributed by atoms with E-state index < -0.39 is 35.5 Å². The van der Waals surface area contributed by atoms with Gasteiger partial charge in [-0.25, -0.2) is 10.2 Å². The van der Waals surface area contributed by atoms with Crippen LogP contribution in [0, 0.1) is 0 Å². The average molecular weight is 608 g/mol. The van der Waals surface area contributed by atoms with E-state index in [1.165, 1.54) is 16.7 Å². The van der Waals surface area contributed by atoms with Crippen LogP contribution in [0.1, 0.15) is 27.0 Å². The number of hydrazine groups is 1. The first-order valence-corrected chi connectivity index (χ1v) is 13.9. The van der Waals surface area contributed by atoms with E-state index in [4.69, 9.17) is 14.2 Å². The molecule has 11 heteroatoms. The fourth-order valence-corrected chi connectivity index (χ4v) is 4.47. The minimum absolute atomic E-state index is 0.0191. The van der Waals surface area contributed by atoms with Gasteiger partial charge in [-0.2, -0.15) is 0 Å². The molecule has 0 aliphatic heterocycles. The second kappa shape index (κ2) is 14.4. The van der Waals surface area contributed by atoms with Gasteiger partial charge in [0.25, 0.3) is 5.91 Å². The smallest absolute Gasteiger partial charge is 0.426 e. The molecule has 0 atom stereocenters. The summed E-state index contributed by atoms with van der Waals surface area (Å²) in [6.45, 7) is -0.257. The van der Waals surface area contributed by atoms with Crippen LogP contribution in [0.15, 0.2) is 114 Å². The Balaban J connectivity index is 1.45. The van der Waals surface area contributed by atoms with E-state index in [-0.39, 0.29) is 42.2 Å². The molecule has 45 heavy (non-hydrogen) atoms. The van der Waals surface area contributed by atoms with Crippen LogP contribution in [0.4, 0.5) is 4.79 Å². The van der Waals surface area contributed by atoms with E-state index in [1.54, 1.807) is 24.3 Å². The molecule has 0 radical (unpaired) electrons. The van der Waals surface area contributed by atoms with Crippen LogP contribution in [0.2, 0.25) is 0 Å². The Hall–Kier alpha value is -6.10. The van der Waals surface area contributed by atoms with Crippen molar-refractivity contribution in [1.82, 2.24) is 15.4 Å². The molecule has 11 nitrogen and oxygen atoms in total. The third kappa shape index (κ3) is 8.05. The second-order valence-electron chi connectivity index (χ2n) is 9.90. The average Bonchev–Trinajstić information content (AvgIpc) is 3.06. The van der Waals surface area contributed by atoms with Crippen molar-refractivity contribution in [2.24, 2.45) is 0 Å². The lowest BCUT2D eigenvalue weighted by Crippen LogP contribution is -2.43. The number of nitrogens with one attached hydrogen (secondary N) is 2. The molecule has 5 rings (SSSR count). The minimum Gasteiger partial charge on any atom is -0.485 e. The lowest BCUT2D eigenvalue weighted by Gasteiger charge is -2.17. The normalized spacial score (nSPS) is 10.6. The first kappa shape index (κ1) is 30.4. The molecule has 0 aliphatic rings. The fourth-order valence-electron chi connectivity index (χ4n) is 4.47. The van der Waals surface area contributed by atoms with Crippen molar-refractivity contribution in [3.8, 4) is 11.5 Å². The van der Waals surface area contributed by atoms with Crippen LogP contribution in [0.3, 0.4) is 0 Å². The third-order valence-corrected chi connectivity index (χ3v) is 6.66. The zero-order valence-corrected chi connectivity index (χ0v) is 24.0. The number of carbonyl (C=O) groups is 3. The summed E-state index contributed by atoms with van der Waals surface area (Å²) in [4.78, 5) is 50.6. The van der Waals surface area contributed by atoms with Crippen molar-refractivity contribution >= 4 is 28.9 Å². The lowest BCUT2D eigenvalue weighted by atomic mass is 10.1. The van der Waals surface area contributed by atoms with Crippen molar-refractivity contribution in [2.45, 2.75) is 26.4 Å². The van der Waals surface area contributed by atoms with E-state index in [9.17, 15) is 24.3 Å². The summed E-state index contributed by atoms with van der Waals surface area (Å²) in [7, 11) is 0. The van der Waals surface area contributed by atoms with E-state index in [1.807, 2.05) is 66.7 Å². The maximum absolute atomic E-state index is 13.6. The molecule has 0 spiro atoms. The third-order valence-electron chi connectivity index (χ3n) is 6.66. The Morgan fingerprint density at radius 2 is 1.20 bits per heavy atom. The molecule has 0 unspecified atom stereocenters. The maximum atomic E-state index is 13.6. The highest BCUT2D eigenvalue weighted by atomic mass is 16.6. The van der Waals surface area contributed by atoms with E-state index in [0.717, 1.165) is 22.9 Å². The highest BCUT2D eigenvalue weighted by Gasteiger charge is 2.20. The molecule has 0 fully saturated rings. The molecule has 0 bridgehead atoms. The number of fused-ring (bicyclic) bond motifs is 1. The van der Waals surface area contributed by atoms with Crippen LogP contribution in [-0.4, -0.2) is 27.6 Å². The maximum Gasteiger partial charge on any atom is 0.426 e. The predicted molar refractivity (Wildman–Crippen MR) is 165 cm³/mol. The lowest BCUT2D eigenvalue weighted by molar-refractivity contribution is -0.137. The van der Waals surface area contributed by atoms with Gasteiger partial charge >= 0.3 is 12.1 Å². The van der Waals surface area contributed by atoms with E-state index >= 15 is 0 Å². The Morgan fingerprint density at radius 1 is 0.689 bits per heavy atom. The molecule has 0 saturated heterocycles. The van der Waals surface area contributed by atoms with Crippen LogP contribution in [0.25, 0.3) is 10.9 Å². The molecule has 1 aromatic heterocycles. The predicted octanol–water partition coefficient (Wildman–Crippen LogP) is 4.82. The molecule has 4 aromatic carbocycles. The van der Waals surface area contributed by atoms with Gasteiger partial charge in [0.15, 0.2) is 11.5 Å². The quantitative estimate of drug-likeness (QED) is 0.181. The number of ether oxygens (including phenoxy) is 3. The summed E-state index contributed by atoms with van der Waals surface area (Å²) in [6, 6.07) is 30.7. The topological polar surface area (TPSA) is 145 Å². The number of amides is 2.